The van der Waals surface area contributed by atoms with E-state index in [0.29, 0.717) is 0 Å². The number of anilines is 1. The molecule has 19 heavy (non-hydrogen) atoms. The average Bonchev–Trinajstić information content (AvgIpc) is 2.77. The van der Waals surface area contributed by atoms with Crippen molar-refractivity contribution in [1.82, 2.24) is 9.78 Å². The van der Waals surface area contributed by atoms with Crippen LogP contribution in [-0.4, -0.2) is 16.9 Å². The second-order valence-electron chi connectivity index (χ2n) is 4.30. The molecule has 1 aromatic heterocycles. The van der Waals surface area contributed by atoms with E-state index in [1.165, 1.54) is 0 Å². The summed E-state index contributed by atoms with van der Waals surface area (Å²) in [5.74, 6) is 0.834. The number of halogens is 1. The Bertz CT molecular complexity index is 566. The number of hydrogen-bond acceptors (Lipinski definition) is 3. The second-order valence-corrected chi connectivity index (χ2v) is 5.22. The van der Waals surface area contributed by atoms with Gasteiger partial charge in [-0.05, 0) is 30.7 Å². The first-order valence-electron chi connectivity index (χ1n) is 6.23. The molecular formula is C14H18BrN3O. The minimum absolute atomic E-state index is 0.719. The maximum Gasteiger partial charge on any atom is 0.142 e. The molecule has 0 saturated carbocycles. The van der Waals surface area contributed by atoms with Gasteiger partial charge in [-0.25, -0.2) is 0 Å². The average molecular weight is 324 g/mol. The molecular weight excluding hydrogens is 306 g/mol. The molecule has 0 fully saturated rings. The lowest BCUT2D eigenvalue weighted by atomic mass is 10.2. The van der Waals surface area contributed by atoms with Crippen LogP contribution in [0.5, 0.6) is 5.75 Å². The number of nitrogens with zero attached hydrogens (tertiary/aromatic N) is 2. The van der Waals surface area contributed by atoms with Crippen molar-refractivity contribution in [2.75, 3.05) is 12.4 Å². The summed E-state index contributed by atoms with van der Waals surface area (Å²) in [7, 11) is 3.64. The van der Waals surface area contributed by atoms with E-state index >= 15 is 0 Å². The molecule has 0 aliphatic heterocycles. The summed E-state index contributed by atoms with van der Waals surface area (Å²) in [6, 6.07) is 8.03. The van der Waals surface area contributed by atoms with Gasteiger partial charge in [-0.3, -0.25) is 4.68 Å². The van der Waals surface area contributed by atoms with Gasteiger partial charge in [-0.15, -0.1) is 0 Å². The van der Waals surface area contributed by atoms with Crippen molar-refractivity contribution in [3.05, 3.63) is 40.1 Å². The summed E-state index contributed by atoms with van der Waals surface area (Å²) in [5, 5.41) is 7.82. The van der Waals surface area contributed by atoms with Gasteiger partial charge in [-0.2, -0.15) is 5.10 Å². The minimum atomic E-state index is 0.719. The largest absolute Gasteiger partial charge is 0.495 e. The van der Waals surface area contributed by atoms with E-state index < -0.39 is 0 Å². The van der Waals surface area contributed by atoms with Crippen molar-refractivity contribution >= 4 is 21.6 Å². The molecule has 2 aromatic rings. The highest BCUT2D eigenvalue weighted by Gasteiger charge is 2.06. The number of benzene rings is 1. The molecule has 0 spiro atoms. The first-order chi connectivity index (χ1) is 9.13. The topological polar surface area (TPSA) is 39.1 Å². The molecule has 5 heteroatoms. The maximum atomic E-state index is 5.34. The summed E-state index contributed by atoms with van der Waals surface area (Å²) < 4.78 is 8.28. The van der Waals surface area contributed by atoms with Crippen molar-refractivity contribution in [2.45, 2.75) is 19.9 Å². The van der Waals surface area contributed by atoms with Crippen LogP contribution in [0.4, 0.5) is 5.69 Å². The molecule has 0 atom stereocenters. The van der Waals surface area contributed by atoms with Crippen LogP contribution < -0.4 is 10.1 Å². The fourth-order valence-corrected chi connectivity index (χ4v) is 2.27. The normalized spacial score (nSPS) is 10.5. The van der Waals surface area contributed by atoms with Crippen LogP contribution in [0.25, 0.3) is 0 Å². The monoisotopic (exact) mass is 323 g/mol. The fraction of sp³-hybridized carbons (Fsp3) is 0.357. The minimum Gasteiger partial charge on any atom is -0.495 e. The molecule has 0 bridgehead atoms. The van der Waals surface area contributed by atoms with Gasteiger partial charge in [0.15, 0.2) is 0 Å². The van der Waals surface area contributed by atoms with Crippen LogP contribution in [0.15, 0.2) is 28.7 Å². The molecule has 0 amide bonds. The van der Waals surface area contributed by atoms with Crippen molar-refractivity contribution in [2.24, 2.45) is 7.05 Å². The van der Waals surface area contributed by atoms with Crippen LogP contribution >= 0.6 is 15.9 Å². The molecule has 102 valence electrons. The number of aromatic nitrogens is 2. The van der Waals surface area contributed by atoms with Gasteiger partial charge in [0.1, 0.15) is 5.75 Å². The van der Waals surface area contributed by atoms with Crippen LogP contribution in [0, 0.1) is 0 Å². The van der Waals surface area contributed by atoms with Crippen LogP contribution in [0.1, 0.15) is 18.3 Å². The number of methoxy groups -OCH3 is 1. The molecule has 0 aliphatic carbocycles. The molecule has 1 aromatic carbocycles. The van der Waals surface area contributed by atoms with Gasteiger partial charge in [-0.1, -0.05) is 22.9 Å². The highest BCUT2D eigenvalue weighted by atomic mass is 79.9. The first kappa shape index (κ1) is 13.9. The van der Waals surface area contributed by atoms with Crippen molar-refractivity contribution < 1.29 is 4.74 Å². The Labute approximate surface area is 121 Å². The second kappa shape index (κ2) is 6.10. The van der Waals surface area contributed by atoms with E-state index in [2.05, 4.69) is 39.3 Å². The number of aryl methyl sites for hydroxylation is 2. The third-order valence-corrected chi connectivity index (χ3v) is 3.50. The summed E-state index contributed by atoms with van der Waals surface area (Å²) in [5.41, 5.74) is 3.23. The lowest BCUT2D eigenvalue weighted by Crippen LogP contribution is -2.06. The summed E-state index contributed by atoms with van der Waals surface area (Å²) in [4.78, 5) is 0. The predicted molar refractivity (Wildman–Crippen MR) is 80.6 cm³/mol. The zero-order valence-corrected chi connectivity index (χ0v) is 13.0. The summed E-state index contributed by atoms with van der Waals surface area (Å²) >= 11 is 3.47. The van der Waals surface area contributed by atoms with E-state index in [0.717, 1.165) is 40.3 Å². The predicted octanol–water partition coefficient (Wildman–Crippen LogP) is 3.37. The quantitative estimate of drug-likeness (QED) is 0.917. The van der Waals surface area contributed by atoms with Crippen molar-refractivity contribution in [3.8, 4) is 5.75 Å². The molecule has 1 N–H and O–H groups in total. The third kappa shape index (κ3) is 3.29. The zero-order chi connectivity index (χ0) is 13.8. The van der Waals surface area contributed by atoms with Crippen LogP contribution in [0.3, 0.4) is 0 Å². The molecule has 0 radical (unpaired) electrons. The molecule has 4 nitrogen and oxygen atoms in total. The van der Waals surface area contributed by atoms with Gasteiger partial charge >= 0.3 is 0 Å². The lowest BCUT2D eigenvalue weighted by Gasteiger charge is -2.11. The van der Waals surface area contributed by atoms with E-state index in [1.807, 2.05) is 29.9 Å². The lowest BCUT2D eigenvalue weighted by molar-refractivity contribution is 0.416. The Morgan fingerprint density at radius 2 is 2.16 bits per heavy atom. The number of nitrogens with one attached hydrogen (secondary N) is 1. The Kier molecular flexibility index (Phi) is 4.47. The molecule has 0 saturated heterocycles. The molecule has 0 unspecified atom stereocenters. The SMILES string of the molecule is CCc1cc(CNc2cc(Br)ccc2OC)n(C)n1. The van der Waals surface area contributed by atoms with Crippen molar-refractivity contribution in [1.29, 1.82) is 0 Å². The van der Waals surface area contributed by atoms with E-state index in [4.69, 9.17) is 4.74 Å². The Morgan fingerprint density at radius 1 is 1.37 bits per heavy atom. The Morgan fingerprint density at radius 3 is 2.79 bits per heavy atom. The fourth-order valence-electron chi connectivity index (χ4n) is 1.91. The molecule has 2 rings (SSSR count). The van der Waals surface area contributed by atoms with E-state index in [-0.39, 0.29) is 0 Å². The Balaban J connectivity index is 2.13. The van der Waals surface area contributed by atoms with Crippen LogP contribution in [0.2, 0.25) is 0 Å². The number of hydrogen-bond donors (Lipinski definition) is 1. The summed E-state index contributed by atoms with van der Waals surface area (Å²) in [6.45, 7) is 2.83. The molecule has 1 heterocycles. The molecule has 0 aliphatic rings. The van der Waals surface area contributed by atoms with Crippen LogP contribution in [-0.2, 0) is 20.0 Å². The van der Waals surface area contributed by atoms with Gasteiger partial charge in [0, 0.05) is 11.5 Å². The van der Waals surface area contributed by atoms with Gasteiger partial charge < -0.3 is 10.1 Å². The van der Waals surface area contributed by atoms with Gasteiger partial charge in [0.05, 0.1) is 30.7 Å². The maximum absolute atomic E-state index is 5.34. The van der Waals surface area contributed by atoms with Gasteiger partial charge in [0.2, 0.25) is 0 Å². The van der Waals surface area contributed by atoms with Gasteiger partial charge in [0.25, 0.3) is 0 Å². The van der Waals surface area contributed by atoms with E-state index in [9.17, 15) is 0 Å². The van der Waals surface area contributed by atoms with Crippen molar-refractivity contribution in [3.63, 3.8) is 0 Å². The third-order valence-electron chi connectivity index (χ3n) is 3.01. The summed E-state index contributed by atoms with van der Waals surface area (Å²) in [6.07, 6.45) is 0.952. The standard InChI is InChI=1S/C14H18BrN3O/c1-4-11-8-12(18(2)17-11)9-16-13-7-10(15)5-6-14(13)19-3/h5-8,16H,4,9H2,1-3H3. The Hall–Kier alpha value is -1.49. The van der Waals surface area contributed by atoms with E-state index in [1.54, 1.807) is 7.11 Å². The zero-order valence-electron chi connectivity index (χ0n) is 11.4. The highest BCUT2D eigenvalue weighted by Crippen LogP contribution is 2.28. The number of rotatable bonds is 5. The highest BCUT2D eigenvalue weighted by molar-refractivity contribution is 9.10. The smallest absolute Gasteiger partial charge is 0.142 e. The first-order valence-corrected chi connectivity index (χ1v) is 7.02. The number of ether oxygens (including phenoxy) is 1.